The lowest BCUT2D eigenvalue weighted by Crippen LogP contribution is -2.54. The molecule has 4 heterocycles. The molecule has 0 saturated carbocycles. The molecule has 0 aliphatic carbocycles. The molecule has 3 N–H and O–H groups in total. The zero-order valence-corrected chi connectivity index (χ0v) is 17.2. The van der Waals surface area contributed by atoms with Gasteiger partial charge in [0.25, 0.3) is 0 Å². The largest absolute Gasteiger partial charge is 0.454 e. The number of likely N-dealkylation sites (tertiary alicyclic amines) is 1. The molecule has 2 fully saturated rings. The van der Waals surface area contributed by atoms with Crippen molar-refractivity contribution < 1.29 is 29.0 Å². The average Bonchev–Trinajstić information content (AvgIpc) is 3.50. The lowest BCUT2D eigenvalue weighted by atomic mass is 9.76. The van der Waals surface area contributed by atoms with E-state index in [1.54, 1.807) is 49.4 Å². The number of ether oxygens (including phenoxy) is 2. The van der Waals surface area contributed by atoms with Gasteiger partial charge in [0.05, 0.1) is 24.5 Å². The van der Waals surface area contributed by atoms with Crippen molar-refractivity contribution in [3.05, 3.63) is 53.6 Å². The minimum absolute atomic E-state index is 0.0488. The summed E-state index contributed by atoms with van der Waals surface area (Å²) in [5.74, 6) is -1.85. The number of para-hydroxylation sites is 1. The first-order valence-electron chi connectivity index (χ1n) is 10.5. The molecule has 4 aliphatic heterocycles. The van der Waals surface area contributed by atoms with Crippen LogP contribution in [0.1, 0.15) is 18.1 Å². The van der Waals surface area contributed by atoms with Crippen molar-refractivity contribution in [3.63, 3.8) is 0 Å². The normalized spacial score (nSPS) is 30.6. The van der Waals surface area contributed by atoms with Crippen LogP contribution in [0.3, 0.4) is 0 Å². The van der Waals surface area contributed by atoms with Crippen LogP contribution in [0.4, 0.5) is 5.69 Å². The molecule has 9 heteroatoms. The van der Waals surface area contributed by atoms with Gasteiger partial charge >= 0.3 is 0 Å². The highest BCUT2D eigenvalue weighted by molar-refractivity contribution is 6.15. The van der Waals surface area contributed by atoms with Crippen molar-refractivity contribution >= 4 is 23.4 Å². The van der Waals surface area contributed by atoms with E-state index in [4.69, 9.17) is 9.47 Å². The van der Waals surface area contributed by atoms with Crippen molar-refractivity contribution in [3.8, 4) is 11.5 Å². The fourth-order valence-electron chi connectivity index (χ4n) is 5.54. The van der Waals surface area contributed by atoms with Gasteiger partial charge < -0.3 is 19.9 Å². The van der Waals surface area contributed by atoms with Gasteiger partial charge in [-0.2, -0.15) is 0 Å². The first-order valence-corrected chi connectivity index (χ1v) is 10.5. The van der Waals surface area contributed by atoms with Crippen LogP contribution in [-0.4, -0.2) is 46.7 Å². The zero-order valence-electron chi connectivity index (χ0n) is 17.2. The Morgan fingerprint density at radius 1 is 1.12 bits per heavy atom. The molecule has 6 rings (SSSR count). The Balaban J connectivity index is 1.41. The number of aliphatic hydroxyl groups is 1. The van der Waals surface area contributed by atoms with E-state index in [0.29, 0.717) is 28.3 Å². The molecular formula is C23H21N3O6. The molecule has 2 aromatic carbocycles. The molecule has 0 bridgehead atoms. The van der Waals surface area contributed by atoms with Crippen molar-refractivity contribution in [1.82, 2.24) is 10.2 Å². The molecular weight excluding hydrogens is 414 g/mol. The number of rotatable bonds is 3. The summed E-state index contributed by atoms with van der Waals surface area (Å²) >= 11 is 0. The average molecular weight is 435 g/mol. The number of carbonyl (C=O) groups is 3. The van der Waals surface area contributed by atoms with Crippen LogP contribution >= 0.6 is 0 Å². The van der Waals surface area contributed by atoms with Gasteiger partial charge in [0, 0.05) is 17.3 Å². The summed E-state index contributed by atoms with van der Waals surface area (Å²) in [6, 6.07) is 11.7. The highest BCUT2D eigenvalue weighted by Crippen LogP contribution is 2.53. The highest BCUT2D eigenvalue weighted by Gasteiger charge is 2.71. The fraction of sp³-hybridized carbons (Fsp3) is 0.348. The van der Waals surface area contributed by atoms with E-state index in [9.17, 15) is 19.5 Å². The van der Waals surface area contributed by atoms with Gasteiger partial charge in [-0.25, -0.2) is 0 Å². The SMILES string of the molecule is C[C@@H](O)[C@@H]1N[C@]2(C(=O)Nc3ccccc32)[C@@H]2C(=O)N(Cc3ccc4c(c3)OCO4)C(=O)[C@H]12. The molecule has 4 aliphatic rings. The number of benzene rings is 2. The number of hydrogen-bond acceptors (Lipinski definition) is 7. The number of carbonyl (C=O) groups excluding carboxylic acids is 3. The maximum absolute atomic E-state index is 13.7. The van der Waals surface area contributed by atoms with Crippen LogP contribution < -0.4 is 20.1 Å². The number of hydrogen-bond donors (Lipinski definition) is 3. The van der Waals surface area contributed by atoms with Crippen molar-refractivity contribution in [2.24, 2.45) is 11.8 Å². The number of nitrogens with zero attached hydrogens (tertiary/aromatic N) is 1. The second-order valence-electron chi connectivity index (χ2n) is 8.67. The molecule has 164 valence electrons. The summed E-state index contributed by atoms with van der Waals surface area (Å²) in [6.07, 6.45) is -0.940. The van der Waals surface area contributed by atoms with Crippen LogP contribution in [0, 0.1) is 11.8 Å². The Labute approximate surface area is 183 Å². The number of amides is 3. The summed E-state index contributed by atoms with van der Waals surface area (Å²) in [6.45, 7) is 1.74. The number of nitrogens with one attached hydrogen (secondary N) is 2. The van der Waals surface area contributed by atoms with E-state index in [1.165, 1.54) is 4.90 Å². The summed E-state index contributed by atoms with van der Waals surface area (Å²) in [7, 11) is 0. The molecule has 0 unspecified atom stereocenters. The van der Waals surface area contributed by atoms with Crippen LogP contribution in [0.25, 0.3) is 0 Å². The Kier molecular flexibility index (Phi) is 3.94. The topological polar surface area (TPSA) is 117 Å². The van der Waals surface area contributed by atoms with Gasteiger partial charge in [0.2, 0.25) is 24.5 Å². The number of anilines is 1. The molecule has 2 aromatic rings. The lowest BCUT2D eigenvalue weighted by Gasteiger charge is -2.30. The third-order valence-electron chi connectivity index (χ3n) is 6.95. The molecule has 0 aromatic heterocycles. The third-order valence-corrected chi connectivity index (χ3v) is 6.95. The Bertz CT molecular complexity index is 1180. The predicted octanol–water partition coefficient (Wildman–Crippen LogP) is 0.717. The number of aliphatic hydroxyl groups excluding tert-OH is 1. The maximum atomic E-state index is 13.7. The van der Waals surface area contributed by atoms with E-state index in [2.05, 4.69) is 10.6 Å². The third kappa shape index (κ3) is 2.37. The monoisotopic (exact) mass is 435 g/mol. The molecule has 2 saturated heterocycles. The molecule has 3 amide bonds. The number of imide groups is 1. The number of fused-ring (bicyclic) bond motifs is 5. The fourth-order valence-corrected chi connectivity index (χ4v) is 5.54. The van der Waals surface area contributed by atoms with Crippen molar-refractivity contribution in [2.45, 2.75) is 31.2 Å². The Hall–Kier alpha value is -3.43. The van der Waals surface area contributed by atoms with E-state index >= 15 is 0 Å². The van der Waals surface area contributed by atoms with Gasteiger partial charge in [-0.3, -0.25) is 24.6 Å². The molecule has 0 radical (unpaired) electrons. The minimum Gasteiger partial charge on any atom is -0.454 e. The second kappa shape index (κ2) is 6.54. The summed E-state index contributed by atoms with van der Waals surface area (Å²) < 4.78 is 10.7. The summed E-state index contributed by atoms with van der Waals surface area (Å²) in [5, 5.41) is 16.5. The van der Waals surface area contributed by atoms with Gasteiger partial charge in [0.15, 0.2) is 11.5 Å². The Morgan fingerprint density at radius 2 is 1.91 bits per heavy atom. The smallest absolute Gasteiger partial charge is 0.250 e. The molecule has 5 atom stereocenters. The van der Waals surface area contributed by atoms with Crippen LogP contribution in [0.15, 0.2) is 42.5 Å². The minimum atomic E-state index is -1.40. The van der Waals surface area contributed by atoms with Gasteiger partial charge in [0.1, 0.15) is 5.54 Å². The molecule has 32 heavy (non-hydrogen) atoms. The first-order chi connectivity index (χ1) is 15.4. The van der Waals surface area contributed by atoms with Crippen LogP contribution in [0.5, 0.6) is 11.5 Å². The van der Waals surface area contributed by atoms with Gasteiger partial charge in [-0.15, -0.1) is 0 Å². The lowest BCUT2D eigenvalue weighted by molar-refractivity contribution is -0.143. The van der Waals surface area contributed by atoms with E-state index in [-0.39, 0.29) is 19.2 Å². The van der Waals surface area contributed by atoms with Gasteiger partial charge in [-0.1, -0.05) is 24.3 Å². The summed E-state index contributed by atoms with van der Waals surface area (Å²) in [4.78, 5) is 41.6. The van der Waals surface area contributed by atoms with E-state index in [0.717, 1.165) is 0 Å². The molecule has 9 nitrogen and oxygen atoms in total. The quantitative estimate of drug-likeness (QED) is 0.608. The summed E-state index contributed by atoms with van der Waals surface area (Å²) in [5.41, 5.74) is 0.528. The Morgan fingerprint density at radius 3 is 2.72 bits per heavy atom. The zero-order chi connectivity index (χ0) is 22.2. The highest BCUT2D eigenvalue weighted by atomic mass is 16.7. The first kappa shape index (κ1) is 19.3. The van der Waals surface area contributed by atoms with Crippen LogP contribution in [0.2, 0.25) is 0 Å². The van der Waals surface area contributed by atoms with E-state index < -0.39 is 41.3 Å². The maximum Gasteiger partial charge on any atom is 0.250 e. The predicted molar refractivity (Wildman–Crippen MR) is 110 cm³/mol. The van der Waals surface area contributed by atoms with Crippen LogP contribution in [-0.2, 0) is 26.5 Å². The van der Waals surface area contributed by atoms with Crippen molar-refractivity contribution in [2.75, 3.05) is 12.1 Å². The van der Waals surface area contributed by atoms with E-state index in [1.807, 2.05) is 0 Å². The standard InChI is InChI=1S/C23H21N3O6/c1-11(27)19-17-18(23(25-19)13-4-2-3-5-14(13)24-22(23)30)21(29)26(20(17)28)9-12-6-7-15-16(8-12)32-10-31-15/h2-8,11,17-19,25,27H,9-10H2,1H3,(H,24,30)/t11-,17+,18+,19+,23+/m1/s1. The second-order valence-corrected chi connectivity index (χ2v) is 8.67. The van der Waals surface area contributed by atoms with Crippen molar-refractivity contribution in [1.29, 1.82) is 0 Å². The van der Waals surface area contributed by atoms with Gasteiger partial charge in [-0.05, 0) is 30.7 Å². The molecule has 1 spiro atoms.